The van der Waals surface area contributed by atoms with Gasteiger partial charge in [0.05, 0.1) is 10.7 Å². The van der Waals surface area contributed by atoms with Crippen LogP contribution < -0.4 is 11.1 Å². The molecule has 3 N–H and O–H groups in total. The normalized spacial score (nSPS) is 16.3. The van der Waals surface area contributed by atoms with Gasteiger partial charge in [0.2, 0.25) is 0 Å². The molecule has 0 aromatic carbocycles. The Hall–Kier alpha value is -0.450. The second kappa shape index (κ2) is 7.98. The topological polar surface area (TPSA) is 50.9 Å². The molecule has 1 heterocycles. The van der Waals surface area contributed by atoms with Crippen LogP contribution in [-0.4, -0.2) is 17.6 Å². The molecular weight excluding hydrogens is 254 g/mol. The van der Waals surface area contributed by atoms with E-state index in [1.165, 1.54) is 23.4 Å². The number of aromatic nitrogens is 1. The first kappa shape index (κ1) is 16.6. The highest BCUT2D eigenvalue weighted by molar-refractivity contribution is 7.11. The zero-order chi connectivity index (χ0) is 14.4. The van der Waals surface area contributed by atoms with Crippen molar-refractivity contribution in [1.29, 1.82) is 0 Å². The van der Waals surface area contributed by atoms with Crippen LogP contribution in [-0.2, 0) is 0 Å². The van der Waals surface area contributed by atoms with Crippen molar-refractivity contribution < 1.29 is 0 Å². The van der Waals surface area contributed by atoms with Gasteiger partial charge in [0.1, 0.15) is 0 Å². The molecule has 0 aliphatic heterocycles. The molecule has 1 rings (SSSR count). The van der Waals surface area contributed by atoms with Crippen molar-refractivity contribution in [2.75, 3.05) is 6.54 Å². The second-order valence-electron chi connectivity index (χ2n) is 5.83. The Balaban J connectivity index is 2.29. The van der Waals surface area contributed by atoms with E-state index in [2.05, 4.69) is 44.9 Å². The van der Waals surface area contributed by atoms with Gasteiger partial charge in [-0.2, -0.15) is 0 Å². The van der Waals surface area contributed by atoms with E-state index in [9.17, 15) is 0 Å². The van der Waals surface area contributed by atoms with Crippen LogP contribution in [0.15, 0.2) is 0 Å². The molecule has 4 heteroatoms. The fourth-order valence-electron chi connectivity index (χ4n) is 2.31. The van der Waals surface area contributed by atoms with E-state index in [0.717, 1.165) is 18.0 Å². The molecular formula is C15H29N3S. The minimum Gasteiger partial charge on any atom is -0.328 e. The quantitative estimate of drug-likeness (QED) is 0.767. The van der Waals surface area contributed by atoms with Crippen LogP contribution in [0.1, 0.15) is 61.7 Å². The Morgan fingerprint density at radius 3 is 2.42 bits per heavy atom. The van der Waals surface area contributed by atoms with Gasteiger partial charge in [0.25, 0.3) is 0 Å². The largest absolute Gasteiger partial charge is 0.328 e. The number of nitrogens with one attached hydrogen (secondary N) is 1. The molecule has 0 spiro atoms. The van der Waals surface area contributed by atoms with Gasteiger partial charge in [-0.05, 0) is 53.0 Å². The van der Waals surface area contributed by atoms with Crippen molar-refractivity contribution in [3.8, 4) is 0 Å². The number of nitrogens with two attached hydrogens (primary N) is 1. The second-order valence-corrected chi connectivity index (χ2v) is 7.06. The zero-order valence-corrected chi connectivity index (χ0v) is 13.8. The van der Waals surface area contributed by atoms with Crippen molar-refractivity contribution in [2.45, 2.75) is 66.0 Å². The molecule has 0 fully saturated rings. The predicted octanol–water partition coefficient (Wildman–Crippen LogP) is 3.56. The Morgan fingerprint density at radius 1 is 1.21 bits per heavy atom. The summed E-state index contributed by atoms with van der Waals surface area (Å²) in [5, 5.41) is 4.79. The molecule has 110 valence electrons. The minimum atomic E-state index is 0.335. The van der Waals surface area contributed by atoms with Gasteiger partial charge in [-0.1, -0.05) is 13.3 Å². The summed E-state index contributed by atoms with van der Waals surface area (Å²) < 4.78 is 0. The first-order chi connectivity index (χ1) is 8.90. The van der Waals surface area contributed by atoms with Gasteiger partial charge in [-0.3, -0.25) is 0 Å². The number of hydrogen-bond donors (Lipinski definition) is 2. The third-order valence-electron chi connectivity index (χ3n) is 3.46. The third-order valence-corrected chi connectivity index (χ3v) is 4.72. The fraction of sp³-hybridized carbons (Fsp3) is 0.800. The molecule has 1 aromatic heterocycles. The van der Waals surface area contributed by atoms with Gasteiger partial charge in [-0.15, -0.1) is 11.3 Å². The number of rotatable bonds is 8. The average Bonchev–Trinajstić information content (AvgIpc) is 2.65. The molecule has 1 aromatic rings. The molecule has 0 saturated carbocycles. The molecule has 0 radical (unpaired) electrons. The van der Waals surface area contributed by atoms with Gasteiger partial charge < -0.3 is 11.1 Å². The van der Waals surface area contributed by atoms with E-state index in [1.807, 2.05) is 0 Å². The number of hydrogen-bond acceptors (Lipinski definition) is 4. The Labute approximate surface area is 122 Å². The molecule has 0 aliphatic carbocycles. The summed E-state index contributed by atoms with van der Waals surface area (Å²) in [5.74, 6) is 0.704. The number of nitrogens with zero attached hydrogens (tertiary/aromatic N) is 1. The smallest absolute Gasteiger partial charge is 0.0900 e. The van der Waals surface area contributed by atoms with Crippen LogP contribution in [0.25, 0.3) is 0 Å². The Kier molecular flexibility index (Phi) is 6.97. The predicted molar refractivity (Wildman–Crippen MR) is 84.7 cm³/mol. The Morgan fingerprint density at radius 2 is 1.89 bits per heavy atom. The van der Waals surface area contributed by atoms with Crippen molar-refractivity contribution in [2.24, 2.45) is 11.7 Å². The van der Waals surface area contributed by atoms with Crippen LogP contribution >= 0.6 is 11.3 Å². The van der Waals surface area contributed by atoms with Crippen molar-refractivity contribution in [3.63, 3.8) is 0 Å². The first-order valence-electron chi connectivity index (χ1n) is 7.33. The van der Waals surface area contributed by atoms with E-state index in [1.54, 1.807) is 11.3 Å². The number of thiazole rings is 1. The van der Waals surface area contributed by atoms with Gasteiger partial charge in [0.15, 0.2) is 0 Å². The van der Waals surface area contributed by atoms with Crippen LogP contribution in [0.4, 0.5) is 0 Å². The van der Waals surface area contributed by atoms with E-state index in [-0.39, 0.29) is 0 Å². The van der Waals surface area contributed by atoms with Crippen LogP contribution in [0.2, 0.25) is 0 Å². The monoisotopic (exact) mass is 283 g/mol. The maximum atomic E-state index is 5.77. The fourth-order valence-corrected chi connectivity index (χ4v) is 3.26. The highest BCUT2D eigenvalue weighted by atomic mass is 32.1. The van der Waals surface area contributed by atoms with E-state index >= 15 is 0 Å². The molecule has 19 heavy (non-hydrogen) atoms. The SMILES string of the molecule is Cc1nc(C)c(C(C)NCC(C)CCCC(C)N)s1. The summed E-state index contributed by atoms with van der Waals surface area (Å²) in [4.78, 5) is 5.87. The Bertz CT molecular complexity index is 373. The van der Waals surface area contributed by atoms with Crippen LogP contribution in [0.5, 0.6) is 0 Å². The molecule has 3 unspecified atom stereocenters. The molecule has 0 saturated heterocycles. The third kappa shape index (κ3) is 6.02. The van der Waals surface area contributed by atoms with Gasteiger partial charge >= 0.3 is 0 Å². The molecule has 3 nitrogen and oxygen atoms in total. The molecule has 0 amide bonds. The first-order valence-corrected chi connectivity index (χ1v) is 8.14. The summed E-state index contributed by atoms with van der Waals surface area (Å²) in [5.41, 5.74) is 6.95. The van der Waals surface area contributed by atoms with Gasteiger partial charge in [-0.25, -0.2) is 4.98 Å². The maximum absolute atomic E-state index is 5.77. The van der Waals surface area contributed by atoms with Crippen LogP contribution in [0, 0.1) is 19.8 Å². The summed E-state index contributed by atoms with van der Waals surface area (Å²) in [6.45, 7) is 11.9. The van der Waals surface area contributed by atoms with E-state index in [4.69, 9.17) is 5.73 Å². The summed E-state index contributed by atoms with van der Waals surface area (Å²) >= 11 is 1.81. The highest BCUT2D eigenvalue weighted by Gasteiger charge is 2.13. The lowest BCUT2D eigenvalue weighted by Crippen LogP contribution is -2.24. The van der Waals surface area contributed by atoms with Gasteiger partial charge in [0, 0.05) is 17.0 Å². The lowest BCUT2D eigenvalue weighted by Gasteiger charge is -2.17. The van der Waals surface area contributed by atoms with Crippen LogP contribution in [0.3, 0.4) is 0 Å². The van der Waals surface area contributed by atoms with E-state index in [0.29, 0.717) is 18.0 Å². The van der Waals surface area contributed by atoms with E-state index < -0.39 is 0 Å². The van der Waals surface area contributed by atoms with Crippen molar-refractivity contribution in [3.05, 3.63) is 15.6 Å². The minimum absolute atomic E-state index is 0.335. The average molecular weight is 283 g/mol. The molecule has 0 aliphatic rings. The summed E-state index contributed by atoms with van der Waals surface area (Å²) in [6.07, 6.45) is 3.61. The highest BCUT2D eigenvalue weighted by Crippen LogP contribution is 2.24. The molecule has 3 atom stereocenters. The number of aryl methyl sites for hydroxylation is 2. The maximum Gasteiger partial charge on any atom is 0.0900 e. The summed E-state index contributed by atoms with van der Waals surface area (Å²) in [6, 6.07) is 0.740. The molecule has 0 bridgehead atoms. The van der Waals surface area contributed by atoms with Crippen molar-refractivity contribution >= 4 is 11.3 Å². The lowest BCUT2D eigenvalue weighted by atomic mass is 10.0. The lowest BCUT2D eigenvalue weighted by molar-refractivity contribution is 0.426. The standard InChI is InChI=1S/C15H29N3S/c1-10(7-6-8-11(2)16)9-17-12(3)15-13(4)18-14(5)19-15/h10-12,17H,6-9,16H2,1-5H3. The van der Waals surface area contributed by atoms with Crippen molar-refractivity contribution in [1.82, 2.24) is 10.3 Å². The summed E-state index contributed by atoms with van der Waals surface area (Å²) in [7, 11) is 0. The zero-order valence-electron chi connectivity index (χ0n) is 13.0.